The maximum atomic E-state index is 10.7. The maximum Gasteiger partial charge on any atom is 0.124 e. The standard InChI is InChI=1S/C23H33NO/c1-15(2)18-11-9-12-19(16(3)4)21(18)24-14-17-10-8-13-20(22(17)25)23(5,6)7/h8-13,15-16,24-25H,14H2,1-7H3. The third kappa shape index (κ3) is 4.36. The van der Waals surface area contributed by atoms with Gasteiger partial charge in [-0.05, 0) is 33.9 Å². The summed E-state index contributed by atoms with van der Waals surface area (Å²) in [5.74, 6) is 1.32. The second-order valence-electron chi connectivity index (χ2n) is 8.54. The van der Waals surface area contributed by atoms with E-state index in [0.29, 0.717) is 24.1 Å². The summed E-state index contributed by atoms with van der Waals surface area (Å²) in [5.41, 5.74) is 5.75. The van der Waals surface area contributed by atoms with Gasteiger partial charge in [0.1, 0.15) is 5.75 Å². The van der Waals surface area contributed by atoms with Gasteiger partial charge in [0.15, 0.2) is 0 Å². The lowest BCUT2D eigenvalue weighted by Crippen LogP contribution is -2.13. The van der Waals surface area contributed by atoms with E-state index in [1.807, 2.05) is 18.2 Å². The number of phenols is 1. The van der Waals surface area contributed by atoms with E-state index < -0.39 is 0 Å². The molecule has 0 spiro atoms. The average molecular weight is 340 g/mol. The molecule has 25 heavy (non-hydrogen) atoms. The van der Waals surface area contributed by atoms with Gasteiger partial charge < -0.3 is 10.4 Å². The van der Waals surface area contributed by atoms with E-state index in [0.717, 1.165) is 11.1 Å². The van der Waals surface area contributed by atoms with E-state index in [-0.39, 0.29) is 5.41 Å². The Labute approximate surface area is 153 Å². The number of anilines is 1. The molecule has 2 heteroatoms. The lowest BCUT2D eigenvalue weighted by atomic mass is 9.85. The summed E-state index contributed by atoms with van der Waals surface area (Å²) in [6.07, 6.45) is 0. The number of hydrogen-bond donors (Lipinski definition) is 2. The first-order valence-corrected chi connectivity index (χ1v) is 9.31. The molecule has 2 rings (SSSR count). The summed E-state index contributed by atoms with van der Waals surface area (Å²) in [6, 6.07) is 12.6. The first-order valence-electron chi connectivity index (χ1n) is 9.31. The van der Waals surface area contributed by atoms with Gasteiger partial charge in [0.05, 0.1) is 0 Å². The molecule has 0 heterocycles. The molecule has 0 aliphatic carbocycles. The zero-order valence-corrected chi connectivity index (χ0v) is 16.8. The zero-order valence-electron chi connectivity index (χ0n) is 16.8. The molecule has 0 saturated carbocycles. The molecule has 0 radical (unpaired) electrons. The molecule has 136 valence electrons. The summed E-state index contributed by atoms with van der Waals surface area (Å²) < 4.78 is 0. The van der Waals surface area contributed by atoms with E-state index in [4.69, 9.17) is 0 Å². The molecular weight excluding hydrogens is 306 g/mol. The van der Waals surface area contributed by atoms with Crippen LogP contribution in [0.15, 0.2) is 36.4 Å². The summed E-state index contributed by atoms with van der Waals surface area (Å²) in [6.45, 7) is 15.9. The van der Waals surface area contributed by atoms with Crippen LogP contribution < -0.4 is 5.32 Å². The largest absolute Gasteiger partial charge is 0.507 e. The van der Waals surface area contributed by atoms with Crippen LogP contribution in [0.5, 0.6) is 5.75 Å². The number of nitrogens with one attached hydrogen (secondary N) is 1. The zero-order chi connectivity index (χ0) is 18.8. The smallest absolute Gasteiger partial charge is 0.124 e. The molecule has 0 fully saturated rings. The summed E-state index contributed by atoms with van der Waals surface area (Å²) >= 11 is 0. The first kappa shape index (κ1) is 19.4. The second-order valence-corrected chi connectivity index (χ2v) is 8.54. The Balaban J connectivity index is 2.37. The highest BCUT2D eigenvalue weighted by Crippen LogP contribution is 2.35. The highest BCUT2D eigenvalue weighted by Gasteiger charge is 2.20. The second kappa shape index (κ2) is 7.51. The van der Waals surface area contributed by atoms with E-state index in [9.17, 15) is 5.11 Å². The minimum Gasteiger partial charge on any atom is -0.507 e. The molecule has 0 atom stereocenters. The number of phenolic OH excluding ortho intramolecular Hbond substituents is 1. The van der Waals surface area contributed by atoms with Crippen molar-refractivity contribution in [3.8, 4) is 5.75 Å². The number of para-hydroxylation sites is 2. The van der Waals surface area contributed by atoms with Crippen molar-refractivity contribution >= 4 is 5.69 Å². The van der Waals surface area contributed by atoms with Crippen molar-refractivity contribution in [1.82, 2.24) is 0 Å². The normalized spacial score (nSPS) is 12.0. The van der Waals surface area contributed by atoms with Gasteiger partial charge in [0.2, 0.25) is 0 Å². The fourth-order valence-electron chi connectivity index (χ4n) is 3.28. The van der Waals surface area contributed by atoms with E-state index in [2.05, 4.69) is 72.0 Å². The van der Waals surface area contributed by atoms with Gasteiger partial charge in [0, 0.05) is 17.8 Å². The van der Waals surface area contributed by atoms with Crippen molar-refractivity contribution in [3.05, 3.63) is 58.7 Å². The molecule has 2 aromatic rings. The van der Waals surface area contributed by atoms with Crippen LogP contribution in [0.4, 0.5) is 5.69 Å². The highest BCUT2D eigenvalue weighted by molar-refractivity contribution is 5.60. The Bertz CT molecular complexity index is 697. The molecule has 2 N–H and O–H groups in total. The van der Waals surface area contributed by atoms with Crippen molar-refractivity contribution in [3.63, 3.8) is 0 Å². The number of rotatable bonds is 5. The minimum absolute atomic E-state index is 0.0704. The van der Waals surface area contributed by atoms with Crippen LogP contribution in [0.1, 0.15) is 82.6 Å². The van der Waals surface area contributed by atoms with Gasteiger partial charge in [0.25, 0.3) is 0 Å². The summed E-state index contributed by atoms with van der Waals surface area (Å²) in [5, 5.41) is 14.3. The minimum atomic E-state index is -0.0704. The van der Waals surface area contributed by atoms with Gasteiger partial charge in [-0.25, -0.2) is 0 Å². The highest BCUT2D eigenvalue weighted by atomic mass is 16.3. The van der Waals surface area contributed by atoms with Gasteiger partial charge in [-0.3, -0.25) is 0 Å². The van der Waals surface area contributed by atoms with Crippen LogP contribution in [0.2, 0.25) is 0 Å². The Morgan fingerprint density at radius 1 is 0.880 bits per heavy atom. The molecule has 0 aliphatic heterocycles. The lowest BCUT2D eigenvalue weighted by molar-refractivity contribution is 0.441. The van der Waals surface area contributed by atoms with Crippen molar-refractivity contribution in [2.75, 3.05) is 5.32 Å². The van der Waals surface area contributed by atoms with Gasteiger partial charge >= 0.3 is 0 Å². The van der Waals surface area contributed by atoms with E-state index in [1.165, 1.54) is 16.8 Å². The third-order valence-electron chi connectivity index (χ3n) is 4.76. The Morgan fingerprint density at radius 2 is 1.40 bits per heavy atom. The molecule has 0 aliphatic rings. The summed E-state index contributed by atoms with van der Waals surface area (Å²) in [7, 11) is 0. The van der Waals surface area contributed by atoms with E-state index in [1.54, 1.807) is 0 Å². The van der Waals surface area contributed by atoms with Gasteiger partial charge in [-0.15, -0.1) is 0 Å². The molecule has 0 aromatic heterocycles. The van der Waals surface area contributed by atoms with Crippen LogP contribution in [0, 0.1) is 0 Å². The number of aromatic hydroxyl groups is 1. The van der Waals surface area contributed by atoms with Crippen LogP contribution in [-0.4, -0.2) is 5.11 Å². The van der Waals surface area contributed by atoms with Gasteiger partial charge in [-0.2, -0.15) is 0 Å². The SMILES string of the molecule is CC(C)c1cccc(C(C)C)c1NCc1cccc(C(C)(C)C)c1O. The predicted octanol–water partition coefficient (Wildman–Crippen LogP) is 6.55. The Kier molecular flexibility index (Phi) is 5.82. The van der Waals surface area contributed by atoms with Crippen molar-refractivity contribution < 1.29 is 5.11 Å². The summed E-state index contributed by atoms with van der Waals surface area (Å²) in [4.78, 5) is 0. The predicted molar refractivity (Wildman–Crippen MR) is 109 cm³/mol. The molecule has 0 amide bonds. The van der Waals surface area contributed by atoms with Crippen LogP contribution >= 0.6 is 0 Å². The fraction of sp³-hybridized carbons (Fsp3) is 0.478. The lowest BCUT2D eigenvalue weighted by Gasteiger charge is -2.24. The monoisotopic (exact) mass is 339 g/mol. The molecule has 2 nitrogen and oxygen atoms in total. The third-order valence-corrected chi connectivity index (χ3v) is 4.76. The number of hydrogen-bond acceptors (Lipinski definition) is 2. The van der Waals surface area contributed by atoms with Crippen molar-refractivity contribution in [2.24, 2.45) is 0 Å². The van der Waals surface area contributed by atoms with Crippen molar-refractivity contribution in [1.29, 1.82) is 0 Å². The van der Waals surface area contributed by atoms with Gasteiger partial charge in [-0.1, -0.05) is 84.9 Å². The molecule has 0 saturated heterocycles. The molecular formula is C23H33NO. The molecule has 2 aromatic carbocycles. The number of benzene rings is 2. The quantitative estimate of drug-likeness (QED) is 0.647. The Hall–Kier alpha value is -1.96. The van der Waals surface area contributed by atoms with Crippen LogP contribution in [-0.2, 0) is 12.0 Å². The topological polar surface area (TPSA) is 32.3 Å². The average Bonchev–Trinajstić information content (AvgIpc) is 2.52. The fourth-order valence-corrected chi connectivity index (χ4v) is 3.28. The van der Waals surface area contributed by atoms with Crippen LogP contribution in [0.3, 0.4) is 0 Å². The molecule has 0 bridgehead atoms. The van der Waals surface area contributed by atoms with Crippen molar-refractivity contribution in [2.45, 2.75) is 72.3 Å². The maximum absolute atomic E-state index is 10.7. The molecule has 0 unspecified atom stereocenters. The van der Waals surface area contributed by atoms with Crippen LogP contribution in [0.25, 0.3) is 0 Å². The van der Waals surface area contributed by atoms with E-state index >= 15 is 0 Å². The first-order chi connectivity index (χ1) is 11.6. The Morgan fingerprint density at radius 3 is 1.88 bits per heavy atom.